The summed E-state index contributed by atoms with van der Waals surface area (Å²) in [4.78, 5) is 24.5. The fourth-order valence-corrected chi connectivity index (χ4v) is 5.39. The fraction of sp³-hybridized carbons (Fsp3) is 0.333. The van der Waals surface area contributed by atoms with Crippen molar-refractivity contribution >= 4 is 27.0 Å². The first kappa shape index (κ1) is 22.2. The van der Waals surface area contributed by atoms with Gasteiger partial charge >= 0.3 is 11.6 Å². The topological polar surface area (TPSA) is 93.9 Å². The minimum atomic E-state index is -3.58. The Morgan fingerprint density at radius 1 is 1.00 bits per heavy atom. The molecule has 2 heterocycles. The van der Waals surface area contributed by atoms with E-state index < -0.39 is 21.6 Å². The molecule has 0 atom stereocenters. The molecular formula is C24H25NO6S. The molecule has 0 N–H and O–H groups in total. The van der Waals surface area contributed by atoms with Crippen LogP contribution in [0.3, 0.4) is 0 Å². The van der Waals surface area contributed by atoms with Crippen molar-refractivity contribution in [2.75, 3.05) is 13.1 Å². The van der Waals surface area contributed by atoms with Gasteiger partial charge in [0.1, 0.15) is 12.2 Å². The van der Waals surface area contributed by atoms with Gasteiger partial charge in [-0.1, -0.05) is 25.0 Å². The molecule has 1 saturated heterocycles. The lowest BCUT2D eigenvalue weighted by Gasteiger charge is -2.20. The molecule has 4 rings (SSSR count). The average Bonchev–Trinajstić information content (AvgIpc) is 3.07. The van der Waals surface area contributed by atoms with E-state index in [1.54, 1.807) is 6.07 Å². The van der Waals surface area contributed by atoms with E-state index in [1.165, 1.54) is 34.6 Å². The van der Waals surface area contributed by atoms with E-state index in [1.807, 2.05) is 19.1 Å². The number of rotatable bonds is 5. The minimum Gasteiger partial charge on any atom is -0.457 e. The number of ether oxygens (including phenoxy) is 1. The van der Waals surface area contributed by atoms with Gasteiger partial charge < -0.3 is 9.15 Å². The van der Waals surface area contributed by atoms with Gasteiger partial charge in [-0.3, -0.25) is 0 Å². The van der Waals surface area contributed by atoms with Crippen molar-refractivity contribution < 1.29 is 22.4 Å². The molecule has 8 heteroatoms. The average molecular weight is 456 g/mol. The van der Waals surface area contributed by atoms with Gasteiger partial charge in [-0.25, -0.2) is 18.0 Å². The predicted octanol–water partition coefficient (Wildman–Crippen LogP) is 4.02. The van der Waals surface area contributed by atoms with Crippen molar-refractivity contribution in [1.29, 1.82) is 0 Å². The number of nitrogens with zero attached hydrogens (tertiary/aromatic N) is 1. The van der Waals surface area contributed by atoms with Crippen LogP contribution in [-0.4, -0.2) is 31.8 Å². The summed E-state index contributed by atoms with van der Waals surface area (Å²) < 4.78 is 37.9. The monoisotopic (exact) mass is 455 g/mol. The Hall–Kier alpha value is -2.97. The minimum absolute atomic E-state index is 0.0994. The maximum atomic E-state index is 12.9. The second kappa shape index (κ2) is 9.26. The van der Waals surface area contributed by atoms with Crippen molar-refractivity contribution in [1.82, 2.24) is 4.31 Å². The molecule has 7 nitrogen and oxygen atoms in total. The van der Waals surface area contributed by atoms with Crippen LogP contribution in [0.4, 0.5) is 0 Å². The van der Waals surface area contributed by atoms with Crippen LogP contribution in [0.2, 0.25) is 0 Å². The van der Waals surface area contributed by atoms with Gasteiger partial charge in [0, 0.05) is 30.1 Å². The fourth-order valence-electron chi connectivity index (χ4n) is 3.88. The summed E-state index contributed by atoms with van der Waals surface area (Å²) in [5, 5.41) is 0.696. The number of aryl methyl sites for hydroxylation is 1. The molecule has 0 amide bonds. The molecule has 2 aromatic carbocycles. The third-order valence-electron chi connectivity index (χ3n) is 5.64. The van der Waals surface area contributed by atoms with Gasteiger partial charge in [-0.2, -0.15) is 4.31 Å². The van der Waals surface area contributed by atoms with Gasteiger partial charge in [0.15, 0.2) is 0 Å². The second-order valence-electron chi connectivity index (χ2n) is 8.01. The van der Waals surface area contributed by atoms with Crippen LogP contribution in [0.1, 0.15) is 47.2 Å². The van der Waals surface area contributed by atoms with Gasteiger partial charge in [0.25, 0.3) is 0 Å². The molecule has 1 aliphatic heterocycles. The number of hydrogen-bond acceptors (Lipinski definition) is 6. The molecule has 0 unspecified atom stereocenters. The Labute approximate surface area is 186 Å². The smallest absolute Gasteiger partial charge is 0.338 e. The Kier molecular flexibility index (Phi) is 6.43. The number of carbonyl (C=O) groups excluding carboxylic acids is 1. The number of carbonyl (C=O) groups is 1. The number of sulfonamides is 1. The lowest BCUT2D eigenvalue weighted by Crippen LogP contribution is -2.31. The first-order valence-corrected chi connectivity index (χ1v) is 12.1. The highest BCUT2D eigenvalue weighted by molar-refractivity contribution is 7.89. The maximum absolute atomic E-state index is 12.9. The van der Waals surface area contributed by atoms with Crippen LogP contribution in [0.5, 0.6) is 0 Å². The van der Waals surface area contributed by atoms with Crippen LogP contribution in [-0.2, 0) is 21.4 Å². The van der Waals surface area contributed by atoms with Crippen molar-refractivity contribution in [3.63, 3.8) is 0 Å². The summed E-state index contributed by atoms with van der Waals surface area (Å²) in [6, 6.07) is 12.5. The Morgan fingerprint density at radius 3 is 2.38 bits per heavy atom. The zero-order valence-electron chi connectivity index (χ0n) is 17.9. The third kappa shape index (κ3) is 4.76. The first-order valence-electron chi connectivity index (χ1n) is 10.7. The van der Waals surface area contributed by atoms with Crippen LogP contribution >= 0.6 is 0 Å². The number of hydrogen-bond donors (Lipinski definition) is 0. The summed E-state index contributed by atoms with van der Waals surface area (Å²) >= 11 is 0. The number of benzene rings is 2. The molecular weight excluding hydrogens is 430 g/mol. The van der Waals surface area contributed by atoms with Crippen molar-refractivity contribution in [3.8, 4) is 0 Å². The standard InChI is InChI=1S/C24H25NO6S/c1-17-6-11-21-19(15-23(26)31-22(21)14-17)16-30-24(27)18-7-9-20(10-8-18)32(28,29)25-12-4-2-3-5-13-25/h6-11,14-15H,2-5,12-13,16H2,1H3. The summed E-state index contributed by atoms with van der Waals surface area (Å²) in [6.07, 6.45) is 3.79. The van der Waals surface area contributed by atoms with E-state index in [2.05, 4.69) is 0 Å². The summed E-state index contributed by atoms with van der Waals surface area (Å²) in [5.41, 5.74) is 1.65. The number of esters is 1. The lowest BCUT2D eigenvalue weighted by molar-refractivity contribution is 0.0473. The van der Waals surface area contributed by atoms with Gasteiger partial charge in [-0.05, 0) is 55.7 Å². The molecule has 3 aromatic rings. The zero-order chi connectivity index (χ0) is 22.7. The van der Waals surface area contributed by atoms with E-state index >= 15 is 0 Å². The Balaban J connectivity index is 1.48. The van der Waals surface area contributed by atoms with Crippen LogP contribution in [0.25, 0.3) is 11.0 Å². The lowest BCUT2D eigenvalue weighted by atomic mass is 10.1. The molecule has 1 aliphatic rings. The van der Waals surface area contributed by atoms with E-state index in [9.17, 15) is 18.0 Å². The zero-order valence-corrected chi connectivity index (χ0v) is 18.7. The highest BCUT2D eigenvalue weighted by atomic mass is 32.2. The van der Waals surface area contributed by atoms with Gasteiger partial charge in [-0.15, -0.1) is 0 Å². The van der Waals surface area contributed by atoms with E-state index in [-0.39, 0.29) is 17.1 Å². The van der Waals surface area contributed by atoms with E-state index in [4.69, 9.17) is 9.15 Å². The van der Waals surface area contributed by atoms with E-state index in [0.29, 0.717) is 29.6 Å². The summed E-state index contributed by atoms with van der Waals surface area (Å²) in [5.74, 6) is -0.600. The van der Waals surface area contributed by atoms with Gasteiger partial charge in [0.05, 0.1) is 10.5 Å². The van der Waals surface area contributed by atoms with E-state index in [0.717, 1.165) is 31.2 Å². The van der Waals surface area contributed by atoms with Crippen LogP contribution < -0.4 is 5.63 Å². The van der Waals surface area contributed by atoms with Crippen molar-refractivity contribution in [3.05, 3.63) is 75.6 Å². The largest absolute Gasteiger partial charge is 0.457 e. The molecule has 0 spiro atoms. The quantitative estimate of drug-likeness (QED) is 0.426. The molecule has 0 bridgehead atoms. The highest BCUT2D eigenvalue weighted by Crippen LogP contribution is 2.22. The first-order chi connectivity index (χ1) is 15.3. The molecule has 32 heavy (non-hydrogen) atoms. The molecule has 0 radical (unpaired) electrons. The van der Waals surface area contributed by atoms with Gasteiger partial charge in [0.2, 0.25) is 10.0 Å². The number of fused-ring (bicyclic) bond motifs is 1. The SMILES string of the molecule is Cc1ccc2c(COC(=O)c3ccc(S(=O)(=O)N4CCCCCC4)cc3)cc(=O)oc2c1. The molecule has 1 aromatic heterocycles. The van der Waals surface area contributed by atoms with Crippen molar-refractivity contribution in [2.24, 2.45) is 0 Å². The summed E-state index contributed by atoms with van der Waals surface area (Å²) in [7, 11) is -3.58. The Bertz CT molecular complexity index is 1290. The molecule has 168 valence electrons. The Morgan fingerprint density at radius 2 is 1.69 bits per heavy atom. The highest BCUT2D eigenvalue weighted by Gasteiger charge is 2.25. The van der Waals surface area contributed by atoms with Crippen LogP contribution in [0.15, 0.2) is 62.6 Å². The van der Waals surface area contributed by atoms with Crippen molar-refractivity contribution in [2.45, 2.75) is 44.1 Å². The normalized spacial score (nSPS) is 15.4. The predicted molar refractivity (Wildman–Crippen MR) is 120 cm³/mol. The third-order valence-corrected chi connectivity index (χ3v) is 7.55. The molecule has 0 aliphatic carbocycles. The molecule has 0 saturated carbocycles. The molecule has 1 fully saturated rings. The summed E-state index contributed by atoms with van der Waals surface area (Å²) in [6.45, 7) is 2.83. The maximum Gasteiger partial charge on any atom is 0.338 e. The second-order valence-corrected chi connectivity index (χ2v) is 9.95. The van der Waals surface area contributed by atoms with Crippen LogP contribution in [0, 0.1) is 6.92 Å².